The lowest BCUT2D eigenvalue weighted by Crippen LogP contribution is -2.11. The standard InChI is InChI=1S/C10H21N/c1-6-10(11(4)5)8-7-9(2)3/h6,9H,7-8H2,1-5H3/b10-6+. The molecule has 0 heterocycles. The van der Waals surface area contributed by atoms with Crippen molar-refractivity contribution in [3.8, 4) is 0 Å². The Hall–Kier alpha value is -0.460. The lowest BCUT2D eigenvalue weighted by molar-refractivity contribution is 0.456. The van der Waals surface area contributed by atoms with Crippen molar-refractivity contribution in [1.29, 1.82) is 0 Å². The Kier molecular flexibility index (Phi) is 5.01. The first-order valence-electron chi connectivity index (χ1n) is 4.40. The summed E-state index contributed by atoms with van der Waals surface area (Å²) in [6, 6.07) is 0. The third-order valence-corrected chi connectivity index (χ3v) is 1.89. The molecular weight excluding hydrogens is 134 g/mol. The monoisotopic (exact) mass is 155 g/mol. The van der Waals surface area contributed by atoms with Crippen LogP contribution in [0.4, 0.5) is 0 Å². The van der Waals surface area contributed by atoms with Crippen LogP contribution in [0, 0.1) is 5.92 Å². The van der Waals surface area contributed by atoms with Crippen LogP contribution < -0.4 is 0 Å². The number of nitrogens with zero attached hydrogens (tertiary/aromatic N) is 1. The van der Waals surface area contributed by atoms with Gasteiger partial charge in [0.15, 0.2) is 0 Å². The molecule has 0 rings (SSSR count). The molecule has 0 aliphatic carbocycles. The van der Waals surface area contributed by atoms with Crippen molar-refractivity contribution in [2.75, 3.05) is 14.1 Å². The number of rotatable bonds is 4. The Balaban J connectivity index is 3.72. The third kappa shape index (κ3) is 4.88. The molecule has 0 saturated heterocycles. The van der Waals surface area contributed by atoms with Crippen LogP contribution in [-0.4, -0.2) is 19.0 Å². The number of hydrogen-bond donors (Lipinski definition) is 0. The van der Waals surface area contributed by atoms with Gasteiger partial charge in [0.05, 0.1) is 0 Å². The summed E-state index contributed by atoms with van der Waals surface area (Å²) >= 11 is 0. The molecule has 1 heteroatoms. The Labute approximate surface area is 71.1 Å². The molecule has 0 fully saturated rings. The second-order valence-electron chi connectivity index (χ2n) is 3.61. The summed E-state index contributed by atoms with van der Waals surface area (Å²) in [7, 11) is 4.21. The van der Waals surface area contributed by atoms with Crippen LogP contribution in [0.1, 0.15) is 33.6 Å². The smallest absolute Gasteiger partial charge is 0.00842 e. The average molecular weight is 155 g/mol. The van der Waals surface area contributed by atoms with Gasteiger partial charge in [0.2, 0.25) is 0 Å². The highest BCUT2D eigenvalue weighted by Crippen LogP contribution is 2.12. The number of hydrogen-bond acceptors (Lipinski definition) is 1. The van der Waals surface area contributed by atoms with Crippen LogP contribution in [0.5, 0.6) is 0 Å². The van der Waals surface area contributed by atoms with E-state index in [2.05, 4.69) is 45.8 Å². The Morgan fingerprint density at radius 2 is 1.91 bits per heavy atom. The van der Waals surface area contributed by atoms with Crippen molar-refractivity contribution in [3.05, 3.63) is 11.8 Å². The van der Waals surface area contributed by atoms with Crippen molar-refractivity contribution in [2.45, 2.75) is 33.6 Å². The third-order valence-electron chi connectivity index (χ3n) is 1.89. The van der Waals surface area contributed by atoms with E-state index in [9.17, 15) is 0 Å². The van der Waals surface area contributed by atoms with E-state index >= 15 is 0 Å². The van der Waals surface area contributed by atoms with Gasteiger partial charge in [-0.3, -0.25) is 0 Å². The summed E-state index contributed by atoms with van der Waals surface area (Å²) in [6.45, 7) is 6.64. The summed E-state index contributed by atoms with van der Waals surface area (Å²) in [6.07, 6.45) is 4.70. The maximum absolute atomic E-state index is 2.27. The largest absolute Gasteiger partial charge is 0.381 e. The first-order valence-corrected chi connectivity index (χ1v) is 4.40. The fourth-order valence-electron chi connectivity index (χ4n) is 1.06. The molecule has 66 valence electrons. The maximum Gasteiger partial charge on any atom is 0.00842 e. The molecule has 0 aliphatic heterocycles. The van der Waals surface area contributed by atoms with Gasteiger partial charge in [-0.15, -0.1) is 0 Å². The summed E-state index contributed by atoms with van der Waals surface area (Å²) in [5, 5.41) is 0. The van der Waals surface area contributed by atoms with E-state index in [1.807, 2.05) is 0 Å². The summed E-state index contributed by atoms with van der Waals surface area (Å²) in [5.74, 6) is 0.810. The number of allylic oxidation sites excluding steroid dienone is 2. The lowest BCUT2D eigenvalue weighted by atomic mass is 10.1. The minimum atomic E-state index is 0.810. The van der Waals surface area contributed by atoms with Gasteiger partial charge in [-0.1, -0.05) is 19.9 Å². The molecule has 0 atom stereocenters. The zero-order valence-corrected chi connectivity index (χ0v) is 8.52. The zero-order chi connectivity index (χ0) is 8.85. The van der Waals surface area contributed by atoms with Gasteiger partial charge in [0.1, 0.15) is 0 Å². The second-order valence-corrected chi connectivity index (χ2v) is 3.61. The normalized spacial score (nSPS) is 12.4. The fourth-order valence-corrected chi connectivity index (χ4v) is 1.06. The van der Waals surface area contributed by atoms with Crippen LogP contribution in [0.2, 0.25) is 0 Å². The van der Waals surface area contributed by atoms with Crippen molar-refractivity contribution in [2.24, 2.45) is 5.92 Å². The molecule has 0 aromatic rings. The molecule has 0 amide bonds. The van der Waals surface area contributed by atoms with Gasteiger partial charge >= 0.3 is 0 Å². The highest BCUT2D eigenvalue weighted by molar-refractivity contribution is 4.97. The van der Waals surface area contributed by atoms with Crippen molar-refractivity contribution in [3.63, 3.8) is 0 Å². The van der Waals surface area contributed by atoms with Crippen LogP contribution in [0.15, 0.2) is 11.8 Å². The maximum atomic E-state index is 2.27. The zero-order valence-electron chi connectivity index (χ0n) is 8.52. The quantitative estimate of drug-likeness (QED) is 0.603. The Morgan fingerprint density at radius 1 is 1.36 bits per heavy atom. The van der Waals surface area contributed by atoms with E-state index < -0.39 is 0 Å². The topological polar surface area (TPSA) is 3.24 Å². The first kappa shape index (κ1) is 10.5. The molecule has 0 spiro atoms. The fraction of sp³-hybridized carbons (Fsp3) is 0.800. The molecule has 0 radical (unpaired) electrons. The van der Waals surface area contributed by atoms with Crippen molar-refractivity contribution in [1.82, 2.24) is 4.90 Å². The van der Waals surface area contributed by atoms with Gasteiger partial charge < -0.3 is 4.90 Å². The van der Waals surface area contributed by atoms with E-state index in [-0.39, 0.29) is 0 Å². The Bertz CT molecular complexity index is 123. The minimum Gasteiger partial charge on any atom is -0.381 e. The SMILES string of the molecule is C/C=C(\CCC(C)C)N(C)C. The van der Waals surface area contributed by atoms with E-state index in [0.29, 0.717) is 0 Å². The summed E-state index contributed by atoms with van der Waals surface area (Å²) in [5.41, 5.74) is 1.44. The van der Waals surface area contributed by atoms with Gasteiger partial charge in [0, 0.05) is 19.8 Å². The molecule has 0 bridgehead atoms. The molecular formula is C10H21N. The second kappa shape index (κ2) is 5.22. The summed E-state index contributed by atoms with van der Waals surface area (Å²) in [4.78, 5) is 2.20. The lowest BCUT2D eigenvalue weighted by Gasteiger charge is -2.17. The van der Waals surface area contributed by atoms with Crippen LogP contribution in [0.3, 0.4) is 0 Å². The minimum absolute atomic E-state index is 0.810. The predicted octanol–water partition coefficient (Wildman–Crippen LogP) is 2.89. The van der Waals surface area contributed by atoms with E-state index in [1.54, 1.807) is 0 Å². The van der Waals surface area contributed by atoms with E-state index in [0.717, 1.165) is 5.92 Å². The highest BCUT2D eigenvalue weighted by atomic mass is 15.1. The predicted molar refractivity (Wildman–Crippen MR) is 51.5 cm³/mol. The molecule has 11 heavy (non-hydrogen) atoms. The molecule has 0 aliphatic rings. The molecule has 0 unspecified atom stereocenters. The molecule has 0 aromatic heterocycles. The van der Waals surface area contributed by atoms with Crippen LogP contribution in [-0.2, 0) is 0 Å². The average Bonchev–Trinajstić information content (AvgIpc) is 1.87. The van der Waals surface area contributed by atoms with Gasteiger partial charge in [-0.05, 0) is 25.7 Å². The van der Waals surface area contributed by atoms with Gasteiger partial charge in [0.25, 0.3) is 0 Å². The van der Waals surface area contributed by atoms with Crippen molar-refractivity contribution >= 4 is 0 Å². The summed E-state index contributed by atoms with van der Waals surface area (Å²) < 4.78 is 0. The molecule has 0 aromatic carbocycles. The van der Waals surface area contributed by atoms with E-state index in [1.165, 1.54) is 18.5 Å². The van der Waals surface area contributed by atoms with Crippen LogP contribution in [0.25, 0.3) is 0 Å². The van der Waals surface area contributed by atoms with Crippen molar-refractivity contribution < 1.29 is 0 Å². The molecule has 1 nitrogen and oxygen atoms in total. The highest BCUT2D eigenvalue weighted by Gasteiger charge is 1.99. The Morgan fingerprint density at radius 3 is 2.18 bits per heavy atom. The molecule has 0 N–H and O–H groups in total. The van der Waals surface area contributed by atoms with Gasteiger partial charge in [-0.2, -0.15) is 0 Å². The van der Waals surface area contributed by atoms with E-state index in [4.69, 9.17) is 0 Å². The van der Waals surface area contributed by atoms with Gasteiger partial charge in [-0.25, -0.2) is 0 Å². The molecule has 0 saturated carbocycles. The first-order chi connectivity index (χ1) is 5.07. The van der Waals surface area contributed by atoms with Crippen LogP contribution >= 0.6 is 0 Å².